The van der Waals surface area contributed by atoms with E-state index in [1.165, 1.54) is 13.2 Å². The molecule has 0 heterocycles. The van der Waals surface area contributed by atoms with Crippen molar-refractivity contribution in [2.24, 2.45) is 11.8 Å². The predicted molar refractivity (Wildman–Crippen MR) is 71.1 cm³/mol. The van der Waals surface area contributed by atoms with Gasteiger partial charge >= 0.3 is 0 Å². The summed E-state index contributed by atoms with van der Waals surface area (Å²) < 4.78 is 18.4. The highest BCUT2D eigenvalue weighted by Gasteiger charge is 2.15. The fourth-order valence-electron chi connectivity index (χ4n) is 2.31. The van der Waals surface area contributed by atoms with Gasteiger partial charge in [0.1, 0.15) is 0 Å². The molecule has 0 radical (unpaired) electrons. The van der Waals surface area contributed by atoms with E-state index in [1.54, 1.807) is 12.1 Å². The van der Waals surface area contributed by atoms with E-state index in [-0.39, 0.29) is 5.75 Å². The van der Waals surface area contributed by atoms with Crippen LogP contribution in [0.5, 0.6) is 5.75 Å². The molecule has 1 N–H and O–H groups in total. The second kappa shape index (κ2) is 6.74. The Labute approximate surface area is 109 Å². The molecule has 0 aliphatic carbocycles. The van der Waals surface area contributed by atoms with Crippen molar-refractivity contribution in [1.82, 2.24) is 0 Å². The Kier molecular flexibility index (Phi) is 5.60. The zero-order valence-corrected chi connectivity index (χ0v) is 11.6. The van der Waals surface area contributed by atoms with Crippen LogP contribution in [-0.2, 0) is 0 Å². The zero-order chi connectivity index (χ0) is 13.7. The van der Waals surface area contributed by atoms with E-state index < -0.39 is 11.9 Å². The Hall–Kier alpha value is -1.09. The average molecular weight is 254 g/mol. The lowest BCUT2D eigenvalue weighted by molar-refractivity contribution is 0.141. The molecule has 0 bridgehead atoms. The highest BCUT2D eigenvalue weighted by atomic mass is 19.1. The quantitative estimate of drug-likeness (QED) is 0.833. The van der Waals surface area contributed by atoms with Crippen LogP contribution < -0.4 is 4.74 Å². The maximum atomic E-state index is 13.5. The van der Waals surface area contributed by atoms with E-state index in [4.69, 9.17) is 4.74 Å². The van der Waals surface area contributed by atoms with Gasteiger partial charge in [-0.3, -0.25) is 0 Å². The smallest absolute Gasteiger partial charge is 0.165 e. The van der Waals surface area contributed by atoms with Crippen molar-refractivity contribution >= 4 is 0 Å². The highest BCUT2D eigenvalue weighted by Crippen LogP contribution is 2.27. The number of halogens is 1. The molecule has 3 heteroatoms. The van der Waals surface area contributed by atoms with Gasteiger partial charge in [0.05, 0.1) is 13.2 Å². The van der Waals surface area contributed by atoms with Gasteiger partial charge < -0.3 is 9.84 Å². The van der Waals surface area contributed by atoms with Gasteiger partial charge in [-0.05, 0) is 42.4 Å². The summed E-state index contributed by atoms with van der Waals surface area (Å²) in [7, 11) is 1.43. The summed E-state index contributed by atoms with van der Waals surface area (Å²) in [6, 6.07) is 4.63. The number of hydrogen-bond acceptors (Lipinski definition) is 2. The average Bonchev–Trinajstić information content (AvgIpc) is 2.27. The van der Waals surface area contributed by atoms with E-state index in [1.807, 2.05) is 0 Å². The third-order valence-corrected chi connectivity index (χ3v) is 3.06. The van der Waals surface area contributed by atoms with Gasteiger partial charge in [0, 0.05) is 0 Å². The summed E-state index contributed by atoms with van der Waals surface area (Å²) in [5.41, 5.74) is 0.615. The van der Waals surface area contributed by atoms with E-state index in [2.05, 4.69) is 20.8 Å². The van der Waals surface area contributed by atoms with Gasteiger partial charge in [-0.15, -0.1) is 0 Å². The van der Waals surface area contributed by atoms with E-state index >= 15 is 0 Å². The highest BCUT2D eigenvalue weighted by molar-refractivity contribution is 5.30. The van der Waals surface area contributed by atoms with Crippen molar-refractivity contribution in [3.63, 3.8) is 0 Å². The molecular weight excluding hydrogens is 231 g/mol. The van der Waals surface area contributed by atoms with Gasteiger partial charge in [0.15, 0.2) is 11.6 Å². The molecule has 1 aromatic carbocycles. The van der Waals surface area contributed by atoms with Crippen LogP contribution in [0.2, 0.25) is 0 Å². The second-order valence-electron chi connectivity index (χ2n) is 5.38. The normalized spacial score (nSPS) is 14.6. The second-order valence-corrected chi connectivity index (χ2v) is 5.38. The summed E-state index contributed by atoms with van der Waals surface area (Å²) in [5.74, 6) is 0.816. The molecule has 2 unspecified atom stereocenters. The molecule has 2 atom stereocenters. The maximum Gasteiger partial charge on any atom is 0.165 e. The molecule has 0 aliphatic rings. The summed E-state index contributed by atoms with van der Waals surface area (Å²) in [6.45, 7) is 6.44. The van der Waals surface area contributed by atoms with Crippen LogP contribution in [-0.4, -0.2) is 12.2 Å². The lowest BCUT2D eigenvalue weighted by atomic mass is 9.91. The maximum absolute atomic E-state index is 13.5. The summed E-state index contributed by atoms with van der Waals surface area (Å²) in [5, 5.41) is 10.1. The summed E-state index contributed by atoms with van der Waals surface area (Å²) >= 11 is 0. The molecule has 0 fully saturated rings. The number of aliphatic hydroxyl groups excluding tert-OH is 1. The van der Waals surface area contributed by atoms with Crippen LogP contribution in [0.25, 0.3) is 0 Å². The summed E-state index contributed by atoms with van der Waals surface area (Å²) in [4.78, 5) is 0. The molecule has 18 heavy (non-hydrogen) atoms. The topological polar surface area (TPSA) is 29.5 Å². The molecule has 1 aromatic rings. The van der Waals surface area contributed by atoms with Crippen LogP contribution in [0.1, 0.15) is 45.3 Å². The summed E-state index contributed by atoms with van der Waals surface area (Å²) in [6.07, 6.45) is 1.11. The number of benzene rings is 1. The van der Waals surface area contributed by atoms with Crippen LogP contribution in [0, 0.1) is 17.7 Å². The van der Waals surface area contributed by atoms with Crippen LogP contribution in [0.4, 0.5) is 4.39 Å². The molecule has 2 nitrogen and oxygen atoms in total. The molecule has 102 valence electrons. The fraction of sp³-hybridized carbons (Fsp3) is 0.600. The monoisotopic (exact) mass is 254 g/mol. The number of methoxy groups -OCH3 is 1. The van der Waals surface area contributed by atoms with Crippen molar-refractivity contribution < 1.29 is 14.2 Å². The van der Waals surface area contributed by atoms with Crippen molar-refractivity contribution in [2.75, 3.05) is 7.11 Å². The lowest BCUT2D eigenvalue weighted by Gasteiger charge is -2.18. The number of rotatable bonds is 6. The van der Waals surface area contributed by atoms with E-state index in [9.17, 15) is 9.50 Å². The minimum Gasteiger partial charge on any atom is -0.494 e. The molecule has 0 aliphatic heterocycles. The SMILES string of the molecule is COc1ccc(C(O)CC(C)CC(C)C)cc1F. The molecular formula is C15H23FO2. The Bertz CT molecular complexity index is 377. The van der Waals surface area contributed by atoms with Crippen molar-refractivity contribution in [3.8, 4) is 5.75 Å². The first-order valence-electron chi connectivity index (χ1n) is 6.45. The van der Waals surface area contributed by atoms with Gasteiger partial charge in [-0.2, -0.15) is 0 Å². The van der Waals surface area contributed by atoms with Crippen LogP contribution in [0.15, 0.2) is 18.2 Å². The number of aliphatic hydroxyl groups is 1. The van der Waals surface area contributed by atoms with Gasteiger partial charge in [-0.1, -0.05) is 26.8 Å². The molecule has 0 spiro atoms. The zero-order valence-electron chi connectivity index (χ0n) is 11.6. The molecule has 0 amide bonds. The molecule has 1 rings (SSSR count). The largest absolute Gasteiger partial charge is 0.494 e. The van der Waals surface area contributed by atoms with Crippen LogP contribution >= 0.6 is 0 Å². The number of hydrogen-bond donors (Lipinski definition) is 1. The lowest BCUT2D eigenvalue weighted by Crippen LogP contribution is -2.07. The first-order chi connectivity index (χ1) is 8.43. The first kappa shape index (κ1) is 15.0. The van der Waals surface area contributed by atoms with Crippen molar-refractivity contribution in [3.05, 3.63) is 29.6 Å². The third-order valence-electron chi connectivity index (χ3n) is 3.06. The van der Waals surface area contributed by atoms with Gasteiger partial charge in [0.2, 0.25) is 0 Å². The minimum absolute atomic E-state index is 0.209. The van der Waals surface area contributed by atoms with Crippen molar-refractivity contribution in [2.45, 2.75) is 39.7 Å². The fourth-order valence-corrected chi connectivity index (χ4v) is 2.31. The molecule has 0 aromatic heterocycles. The Balaban J connectivity index is 2.66. The first-order valence-corrected chi connectivity index (χ1v) is 6.45. The molecule has 0 saturated heterocycles. The van der Waals surface area contributed by atoms with Crippen molar-refractivity contribution in [1.29, 1.82) is 0 Å². The molecule has 0 saturated carbocycles. The van der Waals surface area contributed by atoms with Crippen LogP contribution in [0.3, 0.4) is 0 Å². The van der Waals surface area contributed by atoms with Gasteiger partial charge in [0.25, 0.3) is 0 Å². The Morgan fingerprint density at radius 1 is 1.22 bits per heavy atom. The Morgan fingerprint density at radius 3 is 2.39 bits per heavy atom. The number of ether oxygens (including phenoxy) is 1. The third kappa shape index (κ3) is 4.30. The van der Waals surface area contributed by atoms with E-state index in [0.29, 0.717) is 23.8 Å². The predicted octanol–water partition coefficient (Wildman–Crippen LogP) is 3.94. The standard InChI is InChI=1S/C15H23FO2/c1-10(2)7-11(3)8-14(17)12-5-6-15(18-4)13(16)9-12/h5-6,9-11,14,17H,7-8H2,1-4H3. The minimum atomic E-state index is -0.612. The van der Waals surface area contributed by atoms with Gasteiger partial charge in [-0.25, -0.2) is 4.39 Å². The Morgan fingerprint density at radius 2 is 1.89 bits per heavy atom. The van der Waals surface area contributed by atoms with E-state index in [0.717, 1.165) is 6.42 Å².